The van der Waals surface area contributed by atoms with Crippen LogP contribution in [0.3, 0.4) is 0 Å². The molecule has 6 nitrogen and oxygen atoms in total. The van der Waals surface area contributed by atoms with Crippen LogP contribution in [0.4, 0.5) is 5.69 Å². The van der Waals surface area contributed by atoms with Crippen LogP contribution in [0.2, 0.25) is 0 Å². The fourth-order valence-electron chi connectivity index (χ4n) is 3.57. The second-order valence-electron chi connectivity index (χ2n) is 7.88. The number of hydrogen-bond donors (Lipinski definition) is 3. The minimum Gasteiger partial charge on any atom is -0.489 e. The van der Waals surface area contributed by atoms with E-state index in [0.29, 0.717) is 24.5 Å². The van der Waals surface area contributed by atoms with Crippen molar-refractivity contribution in [3.63, 3.8) is 0 Å². The number of ether oxygens (including phenoxy) is 2. The lowest BCUT2D eigenvalue weighted by molar-refractivity contribution is -0.138. The fourth-order valence-corrected chi connectivity index (χ4v) is 3.57. The molecule has 0 aromatic heterocycles. The molecule has 0 heterocycles. The molecule has 0 unspecified atom stereocenters. The minimum absolute atomic E-state index is 0.128. The molecule has 0 radical (unpaired) electrons. The van der Waals surface area contributed by atoms with Gasteiger partial charge in [-0.2, -0.15) is 0 Å². The van der Waals surface area contributed by atoms with Gasteiger partial charge in [0.05, 0.1) is 11.6 Å². The van der Waals surface area contributed by atoms with Gasteiger partial charge in [-0.3, -0.25) is 4.79 Å². The first kappa shape index (κ1) is 21.4. The van der Waals surface area contributed by atoms with Crippen LogP contribution < -0.4 is 14.8 Å². The second-order valence-corrected chi connectivity index (χ2v) is 7.88. The van der Waals surface area contributed by atoms with Gasteiger partial charge in [-0.1, -0.05) is 36.4 Å². The maximum absolute atomic E-state index is 11.0. The first-order valence-electron chi connectivity index (χ1n) is 10.6. The van der Waals surface area contributed by atoms with Crippen molar-refractivity contribution in [1.82, 2.24) is 0 Å². The number of carboxylic acid groups (broad SMARTS) is 1. The zero-order valence-corrected chi connectivity index (χ0v) is 17.9. The van der Waals surface area contributed by atoms with Crippen molar-refractivity contribution >= 4 is 17.4 Å². The largest absolute Gasteiger partial charge is 0.489 e. The first-order valence-corrected chi connectivity index (χ1v) is 10.6. The molecule has 1 saturated carbocycles. The Balaban J connectivity index is 1.24. The summed E-state index contributed by atoms with van der Waals surface area (Å²) >= 11 is 0. The molecule has 164 valence electrons. The highest BCUT2D eigenvalue weighted by atomic mass is 16.5. The lowest BCUT2D eigenvalue weighted by Gasteiger charge is -2.10. The average Bonchev–Trinajstić information content (AvgIpc) is 3.64. The first-order chi connectivity index (χ1) is 15.5. The summed E-state index contributed by atoms with van der Waals surface area (Å²) in [5.41, 5.74) is 4.32. The third kappa shape index (κ3) is 5.27. The van der Waals surface area contributed by atoms with Gasteiger partial charge in [-0.05, 0) is 65.4 Å². The highest BCUT2D eigenvalue weighted by Crippen LogP contribution is 2.47. The zero-order valence-electron chi connectivity index (χ0n) is 17.9. The normalized spacial score (nSPS) is 16.8. The summed E-state index contributed by atoms with van der Waals surface area (Å²) in [5.74, 6) is 0.614. The van der Waals surface area contributed by atoms with Crippen LogP contribution in [-0.4, -0.2) is 30.4 Å². The summed E-state index contributed by atoms with van der Waals surface area (Å²) in [6.07, 6.45) is 0.714. The van der Waals surface area contributed by atoms with Gasteiger partial charge in [0.25, 0.3) is 0 Å². The van der Waals surface area contributed by atoms with Gasteiger partial charge >= 0.3 is 5.97 Å². The molecule has 2 atom stereocenters. The van der Waals surface area contributed by atoms with Crippen LogP contribution in [-0.2, 0) is 11.4 Å². The minimum atomic E-state index is -0.720. The summed E-state index contributed by atoms with van der Waals surface area (Å²) in [5, 5.41) is 20.3. The molecule has 0 aliphatic heterocycles. The van der Waals surface area contributed by atoms with Gasteiger partial charge in [0, 0.05) is 12.7 Å². The van der Waals surface area contributed by atoms with E-state index in [9.17, 15) is 4.79 Å². The van der Waals surface area contributed by atoms with Crippen LogP contribution in [0, 0.1) is 11.3 Å². The molecular formula is C26H26N2O4. The SMILES string of the molecule is CNc1ccc(C(=N)COc2ccc(COc3ccc([C@H]4C[C@H]4C(=O)O)cc3)cc2)cc1. The van der Waals surface area contributed by atoms with Crippen molar-refractivity contribution in [2.75, 3.05) is 19.0 Å². The highest BCUT2D eigenvalue weighted by molar-refractivity contribution is 5.99. The summed E-state index contributed by atoms with van der Waals surface area (Å²) in [6, 6.07) is 23.0. The second kappa shape index (κ2) is 9.56. The number of carbonyl (C=O) groups is 1. The molecule has 0 spiro atoms. The predicted octanol–water partition coefficient (Wildman–Crippen LogP) is 4.94. The number of anilines is 1. The van der Waals surface area contributed by atoms with E-state index in [0.717, 1.165) is 28.1 Å². The molecule has 1 fully saturated rings. The number of rotatable bonds is 10. The molecule has 3 N–H and O–H groups in total. The highest BCUT2D eigenvalue weighted by Gasteiger charge is 2.44. The van der Waals surface area contributed by atoms with E-state index < -0.39 is 5.97 Å². The van der Waals surface area contributed by atoms with Crippen molar-refractivity contribution in [3.8, 4) is 11.5 Å². The van der Waals surface area contributed by atoms with Crippen LogP contribution in [0.5, 0.6) is 11.5 Å². The smallest absolute Gasteiger partial charge is 0.307 e. The number of carboxylic acids is 1. The molecule has 4 rings (SSSR count). The van der Waals surface area contributed by atoms with E-state index in [1.165, 1.54) is 0 Å². The molecule has 1 aliphatic carbocycles. The quantitative estimate of drug-likeness (QED) is 0.396. The Morgan fingerprint density at radius 2 is 1.59 bits per heavy atom. The Bertz CT molecular complexity index is 1080. The van der Waals surface area contributed by atoms with Crippen molar-refractivity contribution in [3.05, 3.63) is 89.5 Å². The summed E-state index contributed by atoms with van der Waals surface area (Å²) in [4.78, 5) is 11.0. The molecular weight excluding hydrogens is 404 g/mol. The van der Waals surface area contributed by atoms with E-state index in [-0.39, 0.29) is 18.4 Å². The van der Waals surface area contributed by atoms with Crippen LogP contribution in [0.1, 0.15) is 29.0 Å². The maximum Gasteiger partial charge on any atom is 0.307 e. The predicted molar refractivity (Wildman–Crippen MR) is 124 cm³/mol. The maximum atomic E-state index is 11.0. The van der Waals surface area contributed by atoms with E-state index in [1.54, 1.807) is 0 Å². The summed E-state index contributed by atoms with van der Waals surface area (Å²) in [6.45, 7) is 0.624. The van der Waals surface area contributed by atoms with Crippen molar-refractivity contribution in [2.45, 2.75) is 18.9 Å². The lowest BCUT2D eigenvalue weighted by atomic mass is 10.1. The lowest BCUT2D eigenvalue weighted by Crippen LogP contribution is -2.11. The van der Waals surface area contributed by atoms with Gasteiger partial charge in [0.2, 0.25) is 0 Å². The Kier molecular flexibility index (Phi) is 6.40. The Hall–Kier alpha value is -3.80. The number of nitrogens with one attached hydrogen (secondary N) is 2. The van der Waals surface area contributed by atoms with Crippen molar-refractivity contribution in [1.29, 1.82) is 5.41 Å². The van der Waals surface area contributed by atoms with Crippen molar-refractivity contribution < 1.29 is 19.4 Å². The molecule has 3 aromatic rings. The molecule has 0 bridgehead atoms. The topological polar surface area (TPSA) is 91.6 Å². The Morgan fingerprint density at radius 1 is 0.969 bits per heavy atom. The van der Waals surface area contributed by atoms with E-state index in [2.05, 4.69) is 5.32 Å². The zero-order chi connectivity index (χ0) is 22.5. The van der Waals surface area contributed by atoms with Crippen molar-refractivity contribution in [2.24, 2.45) is 5.92 Å². The molecule has 32 heavy (non-hydrogen) atoms. The van der Waals surface area contributed by atoms with Gasteiger partial charge in [0.15, 0.2) is 0 Å². The monoisotopic (exact) mass is 430 g/mol. The van der Waals surface area contributed by atoms with Crippen LogP contribution >= 0.6 is 0 Å². The number of hydrogen-bond acceptors (Lipinski definition) is 5. The standard InChI is InChI=1S/C26H26N2O4/c1-28-20-8-4-19(5-9-20)25(27)16-32-21-10-2-17(3-11-21)15-31-22-12-6-18(7-13-22)23-14-24(23)26(29)30/h2-13,23-24,27-28H,14-16H2,1H3,(H,29,30)/t23-,24-/m1/s1. The molecule has 0 amide bonds. The third-order valence-corrected chi connectivity index (χ3v) is 5.65. The molecule has 6 heteroatoms. The fraction of sp³-hybridized carbons (Fsp3) is 0.231. The average molecular weight is 431 g/mol. The van der Waals surface area contributed by atoms with Gasteiger partial charge < -0.3 is 25.3 Å². The van der Waals surface area contributed by atoms with E-state index >= 15 is 0 Å². The van der Waals surface area contributed by atoms with Crippen LogP contribution in [0.15, 0.2) is 72.8 Å². The van der Waals surface area contributed by atoms with Gasteiger partial charge in [-0.25, -0.2) is 0 Å². The molecule has 1 aliphatic rings. The Morgan fingerprint density at radius 3 is 2.19 bits per heavy atom. The van der Waals surface area contributed by atoms with E-state index in [1.807, 2.05) is 79.8 Å². The Labute approximate surface area is 187 Å². The number of aliphatic carboxylic acids is 1. The number of benzene rings is 3. The third-order valence-electron chi connectivity index (χ3n) is 5.65. The van der Waals surface area contributed by atoms with Gasteiger partial charge in [0.1, 0.15) is 24.7 Å². The van der Waals surface area contributed by atoms with E-state index in [4.69, 9.17) is 20.0 Å². The summed E-state index contributed by atoms with van der Waals surface area (Å²) < 4.78 is 11.6. The van der Waals surface area contributed by atoms with Gasteiger partial charge in [-0.15, -0.1) is 0 Å². The molecule has 0 saturated heterocycles. The molecule has 3 aromatic carbocycles. The van der Waals surface area contributed by atoms with Crippen LogP contribution in [0.25, 0.3) is 0 Å². The summed E-state index contributed by atoms with van der Waals surface area (Å²) in [7, 11) is 1.86.